The average Bonchev–Trinajstić information content (AvgIpc) is 2.63. The molecule has 0 saturated heterocycles. The van der Waals surface area contributed by atoms with E-state index in [4.69, 9.17) is 0 Å². The quantitative estimate of drug-likeness (QED) is 0.441. The highest BCUT2D eigenvalue weighted by Crippen LogP contribution is 2.34. The Morgan fingerprint density at radius 1 is 0.565 bits per heavy atom. The maximum absolute atomic E-state index is 2.28. The molecule has 23 heavy (non-hydrogen) atoms. The molecule has 0 aliphatic heterocycles. The number of hydrogen-bond donors (Lipinski definition) is 0. The molecule has 0 heterocycles. The van der Waals surface area contributed by atoms with Crippen LogP contribution in [0.4, 0.5) is 0 Å². The van der Waals surface area contributed by atoms with Crippen LogP contribution in [0.15, 0.2) is 78.9 Å². The zero-order valence-electron chi connectivity index (χ0n) is 13.8. The fourth-order valence-electron chi connectivity index (χ4n) is 3.15. The fourth-order valence-corrected chi connectivity index (χ4v) is 3.15. The molecule has 0 saturated carbocycles. The monoisotopic (exact) mass is 300 g/mol. The van der Waals surface area contributed by atoms with Crippen LogP contribution in [-0.2, 0) is 6.42 Å². The molecule has 0 atom stereocenters. The molecule has 0 N–H and O–H groups in total. The molecule has 116 valence electrons. The average molecular weight is 300 g/mol. The third kappa shape index (κ3) is 3.71. The van der Waals surface area contributed by atoms with Crippen LogP contribution in [0.25, 0.3) is 22.3 Å². The van der Waals surface area contributed by atoms with E-state index in [-0.39, 0.29) is 0 Å². The van der Waals surface area contributed by atoms with Gasteiger partial charge in [0.15, 0.2) is 0 Å². The Labute approximate surface area is 139 Å². The van der Waals surface area contributed by atoms with Crippen molar-refractivity contribution in [3.63, 3.8) is 0 Å². The third-order valence-electron chi connectivity index (χ3n) is 4.37. The summed E-state index contributed by atoms with van der Waals surface area (Å²) in [7, 11) is 0. The minimum atomic E-state index is 1.16. The van der Waals surface area contributed by atoms with Crippen molar-refractivity contribution in [3.05, 3.63) is 84.4 Å². The van der Waals surface area contributed by atoms with Gasteiger partial charge in [0.25, 0.3) is 0 Å². The molecule has 3 aromatic rings. The fraction of sp³-hybridized carbons (Fsp3) is 0.217. The largest absolute Gasteiger partial charge is 0.0654 e. The first-order valence-corrected chi connectivity index (χ1v) is 8.63. The van der Waals surface area contributed by atoms with Crippen LogP contribution in [0.5, 0.6) is 0 Å². The van der Waals surface area contributed by atoms with Crippen LogP contribution in [0, 0.1) is 0 Å². The molecule has 0 unspecified atom stereocenters. The van der Waals surface area contributed by atoms with Gasteiger partial charge in [-0.3, -0.25) is 0 Å². The zero-order chi connectivity index (χ0) is 15.9. The molecule has 0 bridgehead atoms. The van der Waals surface area contributed by atoms with E-state index in [2.05, 4.69) is 85.8 Å². The predicted molar refractivity (Wildman–Crippen MR) is 101 cm³/mol. The molecule has 0 nitrogen and oxygen atoms in total. The number of unbranched alkanes of at least 4 members (excludes halogenated alkanes) is 2. The van der Waals surface area contributed by atoms with E-state index in [1.165, 1.54) is 47.1 Å². The van der Waals surface area contributed by atoms with Crippen LogP contribution >= 0.6 is 0 Å². The molecule has 0 fully saturated rings. The summed E-state index contributed by atoms with van der Waals surface area (Å²) < 4.78 is 0. The van der Waals surface area contributed by atoms with Gasteiger partial charge < -0.3 is 0 Å². The van der Waals surface area contributed by atoms with E-state index in [1.807, 2.05) is 0 Å². The molecule has 0 aliphatic rings. The van der Waals surface area contributed by atoms with Gasteiger partial charge in [0, 0.05) is 0 Å². The molecule has 0 amide bonds. The highest BCUT2D eigenvalue weighted by Gasteiger charge is 2.10. The second-order valence-corrected chi connectivity index (χ2v) is 6.03. The third-order valence-corrected chi connectivity index (χ3v) is 4.37. The van der Waals surface area contributed by atoms with Crippen molar-refractivity contribution in [2.45, 2.75) is 32.6 Å². The molecule has 3 aromatic carbocycles. The number of aryl methyl sites for hydroxylation is 1. The molecule has 0 spiro atoms. The predicted octanol–water partition coefficient (Wildman–Crippen LogP) is 6.75. The molecular formula is C23H24. The first-order chi connectivity index (χ1) is 11.4. The smallest absolute Gasteiger partial charge is 0.0103 e. The SMILES string of the molecule is CCCCCc1ccccc1-c1ccccc1-c1ccccc1. The summed E-state index contributed by atoms with van der Waals surface area (Å²) in [5.41, 5.74) is 6.78. The van der Waals surface area contributed by atoms with Crippen LogP contribution in [0.3, 0.4) is 0 Å². The highest BCUT2D eigenvalue weighted by atomic mass is 14.1. The summed E-state index contributed by atoms with van der Waals surface area (Å²) >= 11 is 0. The van der Waals surface area contributed by atoms with Gasteiger partial charge in [-0.25, -0.2) is 0 Å². The Morgan fingerprint density at radius 3 is 1.91 bits per heavy atom. The van der Waals surface area contributed by atoms with E-state index in [9.17, 15) is 0 Å². The highest BCUT2D eigenvalue weighted by molar-refractivity contribution is 5.84. The lowest BCUT2D eigenvalue weighted by molar-refractivity contribution is 0.718. The van der Waals surface area contributed by atoms with Crippen molar-refractivity contribution in [1.29, 1.82) is 0 Å². The summed E-state index contributed by atoms with van der Waals surface area (Å²) in [6.07, 6.45) is 4.99. The molecule has 0 aliphatic carbocycles. The Balaban J connectivity index is 2.03. The van der Waals surface area contributed by atoms with E-state index in [0.29, 0.717) is 0 Å². The van der Waals surface area contributed by atoms with Gasteiger partial charge in [-0.1, -0.05) is 98.6 Å². The topological polar surface area (TPSA) is 0 Å². The lowest BCUT2D eigenvalue weighted by Crippen LogP contribution is -1.92. The van der Waals surface area contributed by atoms with Gasteiger partial charge in [-0.2, -0.15) is 0 Å². The molecule has 3 rings (SSSR count). The summed E-state index contributed by atoms with van der Waals surface area (Å²) in [5, 5.41) is 0. The first kappa shape index (κ1) is 15.6. The van der Waals surface area contributed by atoms with E-state index in [0.717, 1.165) is 6.42 Å². The van der Waals surface area contributed by atoms with Crippen molar-refractivity contribution in [2.75, 3.05) is 0 Å². The van der Waals surface area contributed by atoms with E-state index in [1.54, 1.807) is 0 Å². The lowest BCUT2D eigenvalue weighted by atomic mass is 9.90. The Morgan fingerprint density at radius 2 is 1.17 bits per heavy atom. The number of benzene rings is 3. The van der Waals surface area contributed by atoms with Crippen LogP contribution < -0.4 is 0 Å². The van der Waals surface area contributed by atoms with Crippen molar-refractivity contribution in [1.82, 2.24) is 0 Å². The van der Waals surface area contributed by atoms with Crippen LogP contribution in [0.1, 0.15) is 31.7 Å². The van der Waals surface area contributed by atoms with Gasteiger partial charge in [0.05, 0.1) is 0 Å². The van der Waals surface area contributed by atoms with E-state index < -0.39 is 0 Å². The second kappa shape index (κ2) is 7.78. The minimum Gasteiger partial charge on any atom is -0.0654 e. The van der Waals surface area contributed by atoms with Gasteiger partial charge in [-0.15, -0.1) is 0 Å². The second-order valence-electron chi connectivity index (χ2n) is 6.03. The van der Waals surface area contributed by atoms with Gasteiger partial charge in [0.1, 0.15) is 0 Å². The maximum atomic E-state index is 2.28. The molecule has 0 radical (unpaired) electrons. The van der Waals surface area contributed by atoms with Gasteiger partial charge in [-0.05, 0) is 40.7 Å². The van der Waals surface area contributed by atoms with Crippen molar-refractivity contribution in [2.24, 2.45) is 0 Å². The molecular weight excluding hydrogens is 276 g/mol. The van der Waals surface area contributed by atoms with Crippen molar-refractivity contribution in [3.8, 4) is 22.3 Å². The normalized spacial score (nSPS) is 10.7. The summed E-state index contributed by atoms with van der Waals surface area (Å²) in [6, 6.07) is 28.3. The Kier molecular flexibility index (Phi) is 5.26. The zero-order valence-corrected chi connectivity index (χ0v) is 13.8. The number of hydrogen-bond acceptors (Lipinski definition) is 0. The Hall–Kier alpha value is -2.34. The number of rotatable bonds is 6. The van der Waals surface area contributed by atoms with Gasteiger partial charge >= 0.3 is 0 Å². The first-order valence-electron chi connectivity index (χ1n) is 8.63. The van der Waals surface area contributed by atoms with Crippen molar-refractivity contribution >= 4 is 0 Å². The van der Waals surface area contributed by atoms with Crippen molar-refractivity contribution < 1.29 is 0 Å². The lowest BCUT2D eigenvalue weighted by Gasteiger charge is -2.14. The van der Waals surface area contributed by atoms with Crippen LogP contribution in [-0.4, -0.2) is 0 Å². The summed E-state index contributed by atoms with van der Waals surface area (Å²) in [4.78, 5) is 0. The summed E-state index contributed by atoms with van der Waals surface area (Å²) in [6.45, 7) is 2.26. The van der Waals surface area contributed by atoms with Crippen LogP contribution in [0.2, 0.25) is 0 Å². The maximum Gasteiger partial charge on any atom is -0.0103 e. The molecule has 0 aromatic heterocycles. The van der Waals surface area contributed by atoms with Gasteiger partial charge in [0.2, 0.25) is 0 Å². The Bertz CT molecular complexity index is 741. The molecule has 0 heteroatoms. The summed E-state index contributed by atoms with van der Waals surface area (Å²) in [5.74, 6) is 0. The standard InChI is InChI=1S/C23H24/c1-2-3-5-12-19-15-8-9-16-21(19)23-18-11-10-17-22(23)20-13-6-4-7-14-20/h4,6-11,13-18H,2-3,5,12H2,1H3. The minimum absolute atomic E-state index is 1.16. The van der Waals surface area contributed by atoms with E-state index >= 15 is 0 Å².